The average Bonchev–Trinajstić information content (AvgIpc) is 3.16. The van der Waals surface area contributed by atoms with Gasteiger partial charge in [0.05, 0.1) is 16.8 Å². The van der Waals surface area contributed by atoms with Crippen LogP contribution in [0, 0.1) is 17.7 Å². The molecule has 4 aromatic rings. The number of aromatic nitrogens is 5. The molecule has 4 rings (SSSR count). The molecule has 0 aromatic carbocycles. The Morgan fingerprint density at radius 2 is 1.97 bits per heavy atom. The first-order valence-corrected chi connectivity index (χ1v) is 9.87. The molecule has 0 saturated carbocycles. The number of fused-ring (bicyclic) bond motifs is 1. The zero-order valence-corrected chi connectivity index (χ0v) is 16.0. The molecule has 144 valence electrons. The lowest BCUT2D eigenvalue weighted by atomic mass is 10.2. The topological polar surface area (TPSA) is 114 Å². The van der Waals surface area contributed by atoms with Gasteiger partial charge in [-0.1, -0.05) is 23.4 Å². The lowest BCUT2D eigenvalue weighted by molar-refractivity contribution is 0.596. The van der Waals surface area contributed by atoms with Crippen LogP contribution in [0.15, 0.2) is 54.1 Å². The van der Waals surface area contributed by atoms with Crippen molar-refractivity contribution in [1.29, 1.82) is 0 Å². The highest BCUT2D eigenvalue weighted by Crippen LogP contribution is 2.20. The maximum Gasteiger partial charge on any atom is 0.264 e. The molecule has 0 aliphatic carbocycles. The van der Waals surface area contributed by atoms with Crippen molar-refractivity contribution in [3.63, 3.8) is 0 Å². The van der Waals surface area contributed by atoms with Gasteiger partial charge in [0.1, 0.15) is 4.90 Å². The summed E-state index contributed by atoms with van der Waals surface area (Å²) in [6.45, 7) is 0. The molecule has 0 fully saturated rings. The summed E-state index contributed by atoms with van der Waals surface area (Å²) in [6.07, 6.45) is 6.74. The molecule has 0 aliphatic heterocycles. The van der Waals surface area contributed by atoms with Gasteiger partial charge in [-0.25, -0.2) is 22.8 Å². The predicted octanol–water partition coefficient (Wildman–Crippen LogP) is 2.74. The highest BCUT2D eigenvalue weighted by atomic mass is 35.5. The number of hydrogen-bond donors (Lipinski definition) is 2. The zero-order chi connectivity index (χ0) is 20.4. The minimum absolute atomic E-state index is 0.0331. The molecule has 0 aliphatic rings. The second-order valence-electron chi connectivity index (χ2n) is 5.75. The standard InChI is InChI=1S/C18H10ClFN6O2S/c19-14-6-15(10-21-9-14)29(27,28)26-18-16(20)12(3-4-22-18)2-1-11-5-13-8-24-25-17(13)23-7-11/h3-10H,(H,22,26)(H,23,24,25). The fourth-order valence-electron chi connectivity index (χ4n) is 2.38. The van der Waals surface area contributed by atoms with Crippen molar-refractivity contribution in [3.8, 4) is 11.8 Å². The lowest BCUT2D eigenvalue weighted by Crippen LogP contribution is -2.15. The number of nitrogens with one attached hydrogen (secondary N) is 2. The van der Waals surface area contributed by atoms with Gasteiger partial charge in [0, 0.05) is 35.7 Å². The van der Waals surface area contributed by atoms with E-state index in [1.54, 1.807) is 12.3 Å². The van der Waals surface area contributed by atoms with Crippen molar-refractivity contribution in [2.24, 2.45) is 0 Å². The first-order chi connectivity index (χ1) is 13.9. The molecule has 0 radical (unpaired) electrons. The highest BCUT2D eigenvalue weighted by molar-refractivity contribution is 7.92. The van der Waals surface area contributed by atoms with Crippen LogP contribution in [0.5, 0.6) is 0 Å². The normalized spacial score (nSPS) is 11.1. The molecule has 0 saturated heterocycles. The van der Waals surface area contributed by atoms with Crippen molar-refractivity contribution < 1.29 is 12.8 Å². The Bertz CT molecular complexity index is 1390. The highest BCUT2D eigenvalue weighted by Gasteiger charge is 2.19. The van der Waals surface area contributed by atoms with E-state index in [0.29, 0.717) is 11.2 Å². The van der Waals surface area contributed by atoms with Crippen molar-refractivity contribution in [3.05, 3.63) is 71.2 Å². The molecule has 0 unspecified atom stereocenters. The Morgan fingerprint density at radius 1 is 1.10 bits per heavy atom. The number of hydrogen-bond acceptors (Lipinski definition) is 6. The van der Waals surface area contributed by atoms with E-state index in [1.807, 2.05) is 0 Å². The summed E-state index contributed by atoms with van der Waals surface area (Å²) in [5.41, 5.74) is 1.12. The van der Waals surface area contributed by atoms with Crippen LogP contribution >= 0.6 is 11.6 Å². The summed E-state index contributed by atoms with van der Waals surface area (Å²) < 4.78 is 41.7. The summed E-state index contributed by atoms with van der Waals surface area (Å²) in [4.78, 5) is 11.4. The average molecular weight is 429 g/mol. The molecule has 8 nitrogen and oxygen atoms in total. The van der Waals surface area contributed by atoms with Gasteiger partial charge >= 0.3 is 0 Å². The number of rotatable bonds is 3. The molecule has 0 spiro atoms. The molecular formula is C18H10ClFN6O2S. The molecule has 0 atom stereocenters. The van der Waals surface area contributed by atoms with Gasteiger partial charge < -0.3 is 0 Å². The van der Waals surface area contributed by atoms with Crippen LogP contribution in [0.3, 0.4) is 0 Å². The van der Waals surface area contributed by atoms with Gasteiger partial charge in [-0.2, -0.15) is 5.10 Å². The molecular weight excluding hydrogens is 419 g/mol. The van der Waals surface area contributed by atoms with Crippen LogP contribution in [0.25, 0.3) is 11.0 Å². The zero-order valence-electron chi connectivity index (χ0n) is 14.4. The Labute approximate surface area is 169 Å². The number of anilines is 1. The maximum atomic E-state index is 14.7. The largest absolute Gasteiger partial charge is 0.264 e. The minimum atomic E-state index is -4.13. The maximum absolute atomic E-state index is 14.7. The van der Waals surface area contributed by atoms with E-state index in [4.69, 9.17) is 11.6 Å². The van der Waals surface area contributed by atoms with Gasteiger partial charge in [-0.15, -0.1) is 0 Å². The third-order valence-corrected chi connectivity index (χ3v) is 5.26. The van der Waals surface area contributed by atoms with Crippen molar-refractivity contribution >= 4 is 38.5 Å². The van der Waals surface area contributed by atoms with Crippen LogP contribution < -0.4 is 4.72 Å². The smallest absolute Gasteiger partial charge is 0.262 e. The molecule has 2 N–H and O–H groups in total. The van der Waals surface area contributed by atoms with Crippen LogP contribution in [-0.2, 0) is 10.0 Å². The summed E-state index contributed by atoms with van der Waals surface area (Å²) in [7, 11) is -4.13. The number of halogens is 2. The molecule has 11 heteroatoms. The van der Waals surface area contributed by atoms with E-state index in [2.05, 4.69) is 41.7 Å². The SMILES string of the molecule is O=S(=O)(Nc1nccc(C#Cc2cnc3[nH]ncc3c2)c1F)c1cncc(Cl)c1. The van der Waals surface area contributed by atoms with E-state index < -0.39 is 21.7 Å². The lowest BCUT2D eigenvalue weighted by Gasteiger charge is -2.08. The monoisotopic (exact) mass is 428 g/mol. The van der Waals surface area contributed by atoms with E-state index in [1.165, 1.54) is 30.7 Å². The van der Waals surface area contributed by atoms with E-state index >= 15 is 0 Å². The molecule has 29 heavy (non-hydrogen) atoms. The van der Waals surface area contributed by atoms with Gasteiger partial charge in [0.2, 0.25) is 0 Å². The number of nitrogens with zero attached hydrogens (tertiary/aromatic N) is 4. The fourth-order valence-corrected chi connectivity index (χ4v) is 3.62. The quantitative estimate of drug-likeness (QED) is 0.485. The Kier molecular flexibility index (Phi) is 4.84. The number of pyridine rings is 3. The fraction of sp³-hybridized carbons (Fsp3) is 0. The van der Waals surface area contributed by atoms with Gasteiger partial charge in [-0.05, 0) is 18.2 Å². The Hall–Kier alpha value is -3.55. The minimum Gasteiger partial charge on any atom is -0.262 e. The van der Waals surface area contributed by atoms with Crippen molar-refractivity contribution in [2.75, 3.05) is 4.72 Å². The van der Waals surface area contributed by atoms with Crippen LogP contribution in [-0.4, -0.2) is 33.6 Å². The van der Waals surface area contributed by atoms with Crippen molar-refractivity contribution in [2.45, 2.75) is 4.90 Å². The Balaban J connectivity index is 1.64. The van der Waals surface area contributed by atoms with E-state index in [9.17, 15) is 12.8 Å². The number of H-pyrrole nitrogens is 1. The summed E-state index contributed by atoms with van der Waals surface area (Å²) >= 11 is 5.77. The molecule has 4 aromatic heterocycles. The van der Waals surface area contributed by atoms with Crippen LogP contribution in [0.4, 0.5) is 10.2 Å². The van der Waals surface area contributed by atoms with Gasteiger partial charge in [0.15, 0.2) is 17.3 Å². The number of sulfonamides is 1. The third kappa shape index (κ3) is 4.01. The second kappa shape index (κ2) is 7.46. The Morgan fingerprint density at radius 3 is 2.79 bits per heavy atom. The van der Waals surface area contributed by atoms with Crippen LogP contribution in [0.1, 0.15) is 11.1 Å². The third-order valence-electron chi connectivity index (χ3n) is 3.74. The predicted molar refractivity (Wildman–Crippen MR) is 104 cm³/mol. The van der Waals surface area contributed by atoms with Crippen LogP contribution in [0.2, 0.25) is 5.02 Å². The first-order valence-electron chi connectivity index (χ1n) is 8.01. The summed E-state index contributed by atoms with van der Waals surface area (Å²) in [5.74, 6) is 4.05. The molecule has 0 bridgehead atoms. The first kappa shape index (κ1) is 18.8. The number of aromatic amines is 1. The van der Waals surface area contributed by atoms with Gasteiger partial charge in [-0.3, -0.25) is 14.8 Å². The second-order valence-corrected chi connectivity index (χ2v) is 7.87. The molecule has 0 amide bonds. The molecule has 4 heterocycles. The van der Waals surface area contributed by atoms with Gasteiger partial charge in [0.25, 0.3) is 10.0 Å². The summed E-state index contributed by atoms with van der Waals surface area (Å²) in [5, 5.41) is 7.48. The summed E-state index contributed by atoms with van der Waals surface area (Å²) in [6, 6.07) is 4.27. The van der Waals surface area contributed by atoms with Crippen molar-refractivity contribution in [1.82, 2.24) is 25.1 Å². The van der Waals surface area contributed by atoms with E-state index in [0.717, 1.165) is 11.6 Å². The van der Waals surface area contributed by atoms with E-state index in [-0.39, 0.29) is 15.5 Å².